The highest BCUT2D eigenvalue weighted by atomic mass is 16.2. The zero-order valence-electron chi connectivity index (χ0n) is 15.1. The molecule has 138 valence electrons. The fraction of sp³-hybridized carbons (Fsp3) is 0.600. The van der Waals surface area contributed by atoms with Gasteiger partial charge in [0.05, 0.1) is 5.69 Å². The first-order valence-corrected chi connectivity index (χ1v) is 9.82. The number of imide groups is 1. The van der Waals surface area contributed by atoms with Gasteiger partial charge in [-0.05, 0) is 62.9 Å². The molecule has 4 fully saturated rings. The van der Waals surface area contributed by atoms with Crippen LogP contribution in [-0.2, 0) is 10.2 Å². The van der Waals surface area contributed by atoms with Crippen molar-refractivity contribution in [2.75, 3.05) is 31.1 Å². The van der Waals surface area contributed by atoms with Gasteiger partial charge >= 0.3 is 6.03 Å². The second kappa shape index (κ2) is 5.79. The lowest BCUT2D eigenvalue weighted by Crippen LogP contribution is -2.41. The lowest BCUT2D eigenvalue weighted by Gasteiger charge is -2.24. The van der Waals surface area contributed by atoms with Crippen LogP contribution in [0.5, 0.6) is 0 Å². The smallest absolute Gasteiger partial charge is 0.325 e. The van der Waals surface area contributed by atoms with Gasteiger partial charge in [0.1, 0.15) is 6.04 Å². The van der Waals surface area contributed by atoms with Crippen LogP contribution < -0.4 is 10.6 Å². The number of hydrogen-bond donors (Lipinski definition) is 1. The molecule has 0 spiro atoms. The highest BCUT2D eigenvalue weighted by Crippen LogP contribution is 2.49. The first-order chi connectivity index (χ1) is 12.6. The maximum absolute atomic E-state index is 12.7. The van der Waals surface area contributed by atoms with Crippen LogP contribution in [-0.4, -0.2) is 60.0 Å². The van der Waals surface area contributed by atoms with Crippen LogP contribution in [0.15, 0.2) is 24.3 Å². The van der Waals surface area contributed by atoms with Gasteiger partial charge in [-0.1, -0.05) is 12.1 Å². The minimum absolute atomic E-state index is 0.175. The van der Waals surface area contributed by atoms with Gasteiger partial charge in [-0.15, -0.1) is 0 Å². The van der Waals surface area contributed by atoms with E-state index in [0.29, 0.717) is 18.7 Å². The zero-order valence-corrected chi connectivity index (χ0v) is 15.1. The lowest BCUT2D eigenvalue weighted by atomic mass is 9.95. The largest absolute Gasteiger partial charge is 0.332 e. The van der Waals surface area contributed by atoms with E-state index >= 15 is 0 Å². The van der Waals surface area contributed by atoms with E-state index in [1.807, 2.05) is 12.1 Å². The summed E-state index contributed by atoms with van der Waals surface area (Å²) in [5, 5.41) is 0. The normalized spacial score (nSPS) is 30.3. The van der Waals surface area contributed by atoms with Gasteiger partial charge in [-0.3, -0.25) is 4.79 Å². The number of rotatable bonds is 4. The Labute approximate surface area is 153 Å². The van der Waals surface area contributed by atoms with Crippen molar-refractivity contribution >= 4 is 17.6 Å². The second-order valence-electron chi connectivity index (χ2n) is 8.36. The van der Waals surface area contributed by atoms with Gasteiger partial charge < -0.3 is 15.5 Å². The molecule has 1 aromatic rings. The lowest BCUT2D eigenvalue weighted by molar-refractivity contribution is -0.119. The van der Waals surface area contributed by atoms with Crippen LogP contribution in [0, 0.1) is 0 Å². The molecule has 2 atom stereocenters. The van der Waals surface area contributed by atoms with Crippen LogP contribution in [0.4, 0.5) is 10.5 Å². The Morgan fingerprint density at radius 2 is 1.73 bits per heavy atom. The van der Waals surface area contributed by atoms with E-state index in [-0.39, 0.29) is 23.4 Å². The van der Waals surface area contributed by atoms with Crippen LogP contribution in [0.1, 0.15) is 37.7 Å². The molecule has 0 bridgehead atoms. The SMILES string of the molecule is N[C@@H]1CCN2C(=O)N(c3ccc(C4(CN5CCCC5)CC4)cc3)C(=O)[C@H]12. The Morgan fingerprint density at radius 1 is 1.04 bits per heavy atom. The standard InChI is InChI=1S/C20H26N4O2/c21-16-7-12-23-17(16)18(25)24(19(23)26)15-5-3-14(4-6-15)20(8-9-20)13-22-10-1-2-11-22/h3-6,16-17H,1-2,7-13,21H2/t16-,17+/m1/s1. The molecular weight excluding hydrogens is 328 g/mol. The van der Waals surface area contributed by atoms with E-state index in [4.69, 9.17) is 5.73 Å². The molecular formula is C20H26N4O2. The summed E-state index contributed by atoms with van der Waals surface area (Å²) >= 11 is 0. The van der Waals surface area contributed by atoms with E-state index in [1.165, 1.54) is 49.2 Å². The summed E-state index contributed by atoms with van der Waals surface area (Å²) in [6, 6.07) is 7.15. The van der Waals surface area contributed by atoms with E-state index in [0.717, 1.165) is 6.54 Å². The van der Waals surface area contributed by atoms with Crippen molar-refractivity contribution in [1.29, 1.82) is 0 Å². The third kappa shape index (κ3) is 2.39. The number of carbonyl (C=O) groups is 2. The third-order valence-electron chi connectivity index (χ3n) is 6.67. The van der Waals surface area contributed by atoms with E-state index in [1.54, 1.807) is 4.90 Å². The Kier molecular flexibility index (Phi) is 3.62. The fourth-order valence-corrected chi connectivity index (χ4v) is 4.96. The summed E-state index contributed by atoms with van der Waals surface area (Å²) in [7, 11) is 0. The van der Waals surface area contributed by atoms with Gasteiger partial charge in [0, 0.05) is 24.5 Å². The number of nitrogens with zero attached hydrogens (tertiary/aromatic N) is 3. The summed E-state index contributed by atoms with van der Waals surface area (Å²) in [5.74, 6) is -0.175. The van der Waals surface area contributed by atoms with Crippen LogP contribution >= 0.6 is 0 Å². The predicted molar refractivity (Wildman–Crippen MR) is 99.0 cm³/mol. The average Bonchev–Trinajstić information content (AvgIpc) is 2.96. The van der Waals surface area contributed by atoms with Crippen molar-refractivity contribution in [3.8, 4) is 0 Å². The van der Waals surface area contributed by atoms with Crippen molar-refractivity contribution < 1.29 is 9.59 Å². The molecule has 1 aliphatic carbocycles. The first-order valence-electron chi connectivity index (χ1n) is 9.82. The highest BCUT2D eigenvalue weighted by Gasteiger charge is 2.52. The zero-order chi connectivity index (χ0) is 17.9. The van der Waals surface area contributed by atoms with Crippen LogP contribution in [0.3, 0.4) is 0 Å². The molecule has 3 amide bonds. The topological polar surface area (TPSA) is 69.9 Å². The molecule has 5 rings (SSSR count). The number of likely N-dealkylation sites (tertiary alicyclic amines) is 1. The molecule has 1 saturated carbocycles. The van der Waals surface area contributed by atoms with Crippen molar-refractivity contribution in [1.82, 2.24) is 9.80 Å². The van der Waals surface area contributed by atoms with E-state index < -0.39 is 6.04 Å². The van der Waals surface area contributed by atoms with Gasteiger partial charge in [0.2, 0.25) is 0 Å². The summed E-state index contributed by atoms with van der Waals surface area (Å²) in [5.41, 5.74) is 8.32. The molecule has 0 aromatic heterocycles. The Balaban J connectivity index is 1.36. The van der Waals surface area contributed by atoms with Crippen molar-refractivity contribution in [2.24, 2.45) is 5.73 Å². The number of carbonyl (C=O) groups excluding carboxylic acids is 2. The molecule has 3 saturated heterocycles. The molecule has 26 heavy (non-hydrogen) atoms. The third-order valence-corrected chi connectivity index (χ3v) is 6.67. The molecule has 4 aliphatic rings. The molecule has 1 aromatic carbocycles. The van der Waals surface area contributed by atoms with Gasteiger partial charge in [-0.25, -0.2) is 9.69 Å². The monoisotopic (exact) mass is 354 g/mol. The Morgan fingerprint density at radius 3 is 2.35 bits per heavy atom. The van der Waals surface area contributed by atoms with Crippen molar-refractivity contribution in [2.45, 2.75) is 49.6 Å². The van der Waals surface area contributed by atoms with Crippen molar-refractivity contribution in [3.05, 3.63) is 29.8 Å². The number of nitrogens with two attached hydrogens (primary N) is 1. The minimum Gasteiger partial charge on any atom is -0.325 e. The predicted octanol–water partition coefficient (Wildman–Crippen LogP) is 1.68. The average molecular weight is 354 g/mol. The summed E-state index contributed by atoms with van der Waals surface area (Å²) in [6.45, 7) is 4.14. The summed E-state index contributed by atoms with van der Waals surface area (Å²) < 4.78 is 0. The molecule has 6 heteroatoms. The van der Waals surface area contributed by atoms with Crippen LogP contribution in [0.2, 0.25) is 0 Å². The number of fused-ring (bicyclic) bond motifs is 1. The van der Waals surface area contributed by atoms with E-state index in [9.17, 15) is 9.59 Å². The highest BCUT2D eigenvalue weighted by molar-refractivity contribution is 6.21. The quantitative estimate of drug-likeness (QED) is 0.836. The summed E-state index contributed by atoms with van der Waals surface area (Å²) in [4.78, 5) is 30.9. The first kappa shape index (κ1) is 16.3. The molecule has 3 aliphatic heterocycles. The fourth-order valence-electron chi connectivity index (χ4n) is 4.96. The van der Waals surface area contributed by atoms with Gasteiger partial charge in [0.25, 0.3) is 5.91 Å². The second-order valence-corrected chi connectivity index (χ2v) is 8.36. The minimum atomic E-state index is -0.480. The number of benzene rings is 1. The van der Waals surface area contributed by atoms with E-state index in [2.05, 4.69) is 17.0 Å². The molecule has 0 unspecified atom stereocenters. The molecule has 2 N–H and O–H groups in total. The number of amides is 3. The maximum Gasteiger partial charge on any atom is 0.332 e. The number of anilines is 1. The number of hydrogen-bond acceptors (Lipinski definition) is 4. The van der Waals surface area contributed by atoms with Gasteiger partial charge in [-0.2, -0.15) is 0 Å². The summed E-state index contributed by atoms with van der Waals surface area (Å²) in [6.07, 6.45) is 5.79. The molecule has 0 radical (unpaired) electrons. The molecule has 6 nitrogen and oxygen atoms in total. The Bertz CT molecular complexity index is 737. The maximum atomic E-state index is 12.7. The molecule has 3 heterocycles. The number of urea groups is 1. The van der Waals surface area contributed by atoms with Crippen LogP contribution in [0.25, 0.3) is 0 Å². The Hall–Kier alpha value is -1.92. The van der Waals surface area contributed by atoms with Gasteiger partial charge in [0.15, 0.2) is 0 Å². The van der Waals surface area contributed by atoms with Crippen molar-refractivity contribution in [3.63, 3.8) is 0 Å².